The molecule has 0 saturated heterocycles. The summed E-state index contributed by atoms with van der Waals surface area (Å²) in [7, 11) is 3.79. The van der Waals surface area contributed by atoms with Crippen LogP contribution in [0.1, 0.15) is 40.7 Å². The minimum atomic E-state index is -0.482. The number of hydrogen-bond acceptors (Lipinski definition) is 7. The summed E-state index contributed by atoms with van der Waals surface area (Å²) in [5.41, 5.74) is 4.50. The fourth-order valence-corrected chi connectivity index (χ4v) is 4.75. The molecule has 2 aromatic rings. The van der Waals surface area contributed by atoms with Crippen molar-refractivity contribution in [3.8, 4) is 23.0 Å². The maximum atomic E-state index is 6.42. The van der Waals surface area contributed by atoms with Gasteiger partial charge >= 0.3 is 0 Å². The van der Waals surface area contributed by atoms with E-state index in [-0.39, 0.29) is 25.7 Å². The predicted molar refractivity (Wildman–Crippen MR) is 97.8 cm³/mol. The number of hydrogen-bond donors (Lipinski definition) is 0. The number of ether oxygens (including phenoxy) is 6. The van der Waals surface area contributed by atoms with Gasteiger partial charge in [0.25, 0.3) is 0 Å². The highest BCUT2D eigenvalue weighted by atomic mass is 16.7. The van der Waals surface area contributed by atoms with E-state index < -0.39 is 6.29 Å². The van der Waals surface area contributed by atoms with Crippen molar-refractivity contribution < 1.29 is 28.4 Å². The first kappa shape index (κ1) is 16.5. The Morgan fingerprint density at radius 1 is 0.964 bits per heavy atom. The van der Waals surface area contributed by atoms with Crippen LogP contribution in [0.2, 0.25) is 0 Å². The molecule has 6 rings (SSSR count). The van der Waals surface area contributed by atoms with Gasteiger partial charge in [0.05, 0.1) is 11.6 Å². The summed E-state index contributed by atoms with van der Waals surface area (Å²) in [6, 6.07) is 8.29. The Labute approximate surface area is 162 Å². The molecule has 0 radical (unpaired) electrons. The van der Waals surface area contributed by atoms with Crippen molar-refractivity contribution in [2.45, 2.75) is 24.9 Å². The van der Waals surface area contributed by atoms with Gasteiger partial charge in [-0.3, -0.25) is 4.90 Å². The van der Waals surface area contributed by atoms with E-state index in [0.29, 0.717) is 0 Å². The molecule has 146 valence electrons. The third kappa shape index (κ3) is 2.21. The fraction of sp³-hybridized carbons (Fsp3) is 0.429. The van der Waals surface area contributed by atoms with Crippen LogP contribution in [0.25, 0.3) is 0 Å². The van der Waals surface area contributed by atoms with Crippen LogP contribution in [-0.2, 0) is 15.9 Å². The molecular weight excluding hydrogens is 362 g/mol. The number of fused-ring (bicyclic) bond motifs is 5. The van der Waals surface area contributed by atoms with Crippen LogP contribution in [-0.4, -0.2) is 39.2 Å². The molecule has 0 aliphatic carbocycles. The first-order valence-electron chi connectivity index (χ1n) is 9.48. The van der Waals surface area contributed by atoms with Crippen molar-refractivity contribution in [2.75, 3.05) is 34.3 Å². The normalized spacial score (nSPS) is 27.0. The number of nitrogens with zero attached hydrogens (tertiary/aromatic N) is 1. The van der Waals surface area contributed by atoms with Gasteiger partial charge in [0, 0.05) is 13.7 Å². The molecule has 0 amide bonds. The summed E-state index contributed by atoms with van der Waals surface area (Å²) in [6.45, 7) is 1.44. The van der Waals surface area contributed by atoms with Crippen molar-refractivity contribution in [1.29, 1.82) is 0 Å². The minimum absolute atomic E-state index is 0.0394. The number of methoxy groups -OCH3 is 1. The van der Waals surface area contributed by atoms with E-state index in [1.54, 1.807) is 7.11 Å². The summed E-state index contributed by atoms with van der Waals surface area (Å²) < 4.78 is 34.6. The van der Waals surface area contributed by atoms with Crippen molar-refractivity contribution in [1.82, 2.24) is 4.90 Å². The standard InChI is InChI=1S/C21H21NO6/c1-22-6-5-11-7-15-16(26-9-25-15)8-13(11)18(22)19-12-3-4-14-20(27-10-24-14)17(12)21(23-2)28-19/h3-4,7-8,18-19,21H,5-6,9-10H2,1-2H3/t18-,19+,21-/m0/s1. The van der Waals surface area contributed by atoms with Crippen molar-refractivity contribution in [3.05, 3.63) is 46.5 Å². The highest BCUT2D eigenvalue weighted by molar-refractivity contribution is 5.56. The topological polar surface area (TPSA) is 58.6 Å². The molecule has 0 unspecified atom stereocenters. The first-order chi connectivity index (χ1) is 13.7. The van der Waals surface area contributed by atoms with E-state index in [2.05, 4.69) is 30.1 Å². The maximum absolute atomic E-state index is 6.42. The van der Waals surface area contributed by atoms with Crippen LogP contribution in [0.5, 0.6) is 23.0 Å². The average molecular weight is 383 g/mol. The Bertz CT molecular complexity index is 960. The summed E-state index contributed by atoms with van der Waals surface area (Å²) in [5, 5.41) is 0. The molecule has 28 heavy (non-hydrogen) atoms. The molecule has 3 atom stereocenters. The van der Waals surface area contributed by atoms with Crippen LogP contribution in [0.4, 0.5) is 0 Å². The second-order valence-corrected chi connectivity index (χ2v) is 7.51. The second kappa shape index (κ2) is 6.01. The van der Waals surface area contributed by atoms with E-state index in [0.717, 1.165) is 47.1 Å². The number of rotatable bonds is 2. The van der Waals surface area contributed by atoms with Gasteiger partial charge in [-0.1, -0.05) is 6.07 Å². The van der Waals surface area contributed by atoms with Gasteiger partial charge in [0.15, 0.2) is 29.3 Å². The van der Waals surface area contributed by atoms with E-state index in [1.807, 2.05) is 6.07 Å². The Morgan fingerprint density at radius 2 is 1.75 bits per heavy atom. The minimum Gasteiger partial charge on any atom is -0.454 e. The zero-order valence-electron chi connectivity index (χ0n) is 15.8. The quantitative estimate of drug-likeness (QED) is 0.790. The lowest BCUT2D eigenvalue weighted by molar-refractivity contribution is -0.160. The zero-order valence-corrected chi connectivity index (χ0v) is 15.8. The van der Waals surface area contributed by atoms with Gasteiger partial charge in [0.2, 0.25) is 13.6 Å². The molecule has 0 fully saturated rings. The monoisotopic (exact) mass is 383 g/mol. The molecule has 7 nitrogen and oxygen atoms in total. The van der Waals surface area contributed by atoms with E-state index in [4.69, 9.17) is 28.4 Å². The molecule has 0 spiro atoms. The Morgan fingerprint density at radius 3 is 2.61 bits per heavy atom. The Hall–Kier alpha value is -2.48. The van der Waals surface area contributed by atoms with E-state index in [1.165, 1.54) is 11.1 Å². The lowest BCUT2D eigenvalue weighted by atomic mass is 9.86. The first-order valence-corrected chi connectivity index (χ1v) is 9.48. The third-order valence-corrected chi connectivity index (χ3v) is 6.09. The largest absolute Gasteiger partial charge is 0.454 e. The predicted octanol–water partition coefficient (Wildman–Crippen LogP) is 3.09. The highest BCUT2D eigenvalue weighted by Crippen LogP contribution is 2.55. The Balaban J connectivity index is 1.48. The van der Waals surface area contributed by atoms with E-state index >= 15 is 0 Å². The molecule has 4 aliphatic rings. The zero-order chi connectivity index (χ0) is 18.8. The van der Waals surface area contributed by atoms with Gasteiger partial charge < -0.3 is 28.4 Å². The van der Waals surface area contributed by atoms with Gasteiger partial charge in [0.1, 0.15) is 6.10 Å². The van der Waals surface area contributed by atoms with Crippen molar-refractivity contribution in [2.24, 2.45) is 0 Å². The fourth-order valence-electron chi connectivity index (χ4n) is 4.75. The SMILES string of the molecule is CO[C@H]1O[C@@H]([C@@H]2c3cc4c(cc3CCN2C)OCO4)c2ccc3c(c21)OCO3. The molecule has 0 N–H and O–H groups in total. The summed E-state index contributed by atoms with van der Waals surface area (Å²) >= 11 is 0. The number of likely N-dealkylation sites (N-methyl/N-ethyl adjacent to an activating group) is 1. The van der Waals surface area contributed by atoms with Crippen molar-refractivity contribution in [3.63, 3.8) is 0 Å². The molecule has 7 heteroatoms. The van der Waals surface area contributed by atoms with Crippen LogP contribution < -0.4 is 18.9 Å². The average Bonchev–Trinajstić information content (AvgIpc) is 3.43. The molecule has 4 heterocycles. The van der Waals surface area contributed by atoms with Gasteiger partial charge in [-0.25, -0.2) is 0 Å². The molecular formula is C21H21NO6. The summed E-state index contributed by atoms with van der Waals surface area (Å²) in [6.07, 6.45) is 0.302. The molecule has 0 bridgehead atoms. The Kier molecular flexibility index (Phi) is 3.53. The van der Waals surface area contributed by atoms with Crippen LogP contribution in [0.3, 0.4) is 0 Å². The molecule has 4 aliphatic heterocycles. The molecule has 2 aromatic carbocycles. The van der Waals surface area contributed by atoms with Crippen LogP contribution in [0.15, 0.2) is 24.3 Å². The van der Waals surface area contributed by atoms with Crippen LogP contribution in [0, 0.1) is 0 Å². The summed E-state index contributed by atoms with van der Waals surface area (Å²) in [5.74, 6) is 3.10. The lowest BCUT2D eigenvalue weighted by Gasteiger charge is -2.38. The summed E-state index contributed by atoms with van der Waals surface area (Å²) in [4.78, 5) is 2.33. The highest BCUT2D eigenvalue weighted by Gasteiger charge is 2.45. The third-order valence-electron chi connectivity index (χ3n) is 6.09. The van der Waals surface area contributed by atoms with Gasteiger partial charge in [-0.2, -0.15) is 0 Å². The lowest BCUT2D eigenvalue weighted by Crippen LogP contribution is -2.35. The second-order valence-electron chi connectivity index (χ2n) is 7.51. The van der Waals surface area contributed by atoms with Crippen molar-refractivity contribution >= 4 is 0 Å². The molecule has 0 saturated carbocycles. The van der Waals surface area contributed by atoms with E-state index in [9.17, 15) is 0 Å². The van der Waals surface area contributed by atoms with Gasteiger partial charge in [-0.05, 0) is 48.4 Å². The molecule has 0 aromatic heterocycles. The van der Waals surface area contributed by atoms with Gasteiger partial charge in [-0.15, -0.1) is 0 Å². The smallest absolute Gasteiger partial charge is 0.231 e. The number of benzene rings is 2. The van der Waals surface area contributed by atoms with Crippen LogP contribution >= 0.6 is 0 Å². The maximum Gasteiger partial charge on any atom is 0.231 e.